The van der Waals surface area contributed by atoms with Gasteiger partial charge in [-0.2, -0.15) is 0 Å². The van der Waals surface area contributed by atoms with Crippen LogP contribution in [0.1, 0.15) is 42.0 Å². The highest BCUT2D eigenvalue weighted by Gasteiger charge is 2.19. The highest BCUT2D eigenvalue weighted by molar-refractivity contribution is 6.08. The summed E-state index contributed by atoms with van der Waals surface area (Å²) in [6.45, 7) is 0. The van der Waals surface area contributed by atoms with Gasteiger partial charge in [-0.1, -0.05) is 0 Å². The second-order valence-corrected chi connectivity index (χ2v) is 8.53. The molecule has 0 unspecified atom stereocenters. The smallest absolute Gasteiger partial charge is 0.354 e. The third-order valence-corrected chi connectivity index (χ3v) is 5.82. The van der Waals surface area contributed by atoms with Crippen molar-refractivity contribution in [1.82, 2.24) is 18.3 Å². The summed E-state index contributed by atoms with van der Waals surface area (Å²) < 4.78 is 11.1. The molecule has 3 amide bonds. The van der Waals surface area contributed by atoms with Gasteiger partial charge in [-0.25, -0.2) is 4.79 Å². The minimum atomic E-state index is -0.518. The van der Waals surface area contributed by atoms with E-state index >= 15 is 0 Å². The summed E-state index contributed by atoms with van der Waals surface area (Å²) >= 11 is 0. The van der Waals surface area contributed by atoms with Gasteiger partial charge in [0.15, 0.2) is 0 Å². The number of nitrogens with one attached hydrogen (secondary N) is 3. The van der Waals surface area contributed by atoms with Crippen molar-refractivity contribution < 1.29 is 23.9 Å². The Morgan fingerprint density at radius 2 is 1.03 bits per heavy atom. The summed E-state index contributed by atoms with van der Waals surface area (Å²) in [6.07, 6.45) is 6.62. The molecule has 4 heterocycles. The Kier molecular flexibility index (Phi) is 6.74. The number of amides is 3. The molecule has 0 aliphatic carbocycles. The van der Waals surface area contributed by atoms with Crippen molar-refractivity contribution in [3.63, 3.8) is 0 Å². The van der Waals surface area contributed by atoms with Crippen LogP contribution in [-0.4, -0.2) is 49.1 Å². The average molecular weight is 506 g/mol. The number of hydrogen-bond acceptors (Lipinski definition) is 5. The predicted molar refractivity (Wildman–Crippen MR) is 137 cm³/mol. The molecule has 37 heavy (non-hydrogen) atoms. The summed E-state index contributed by atoms with van der Waals surface area (Å²) in [5.74, 6) is -1.64. The molecule has 12 heteroatoms. The van der Waals surface area contributed by atoms with Gasteiger partial charge in [0, 0.05) is 53.0 Å². The van der Waals surface area contributed by atoms with E-state index in [-0.39, 0.29) is 5.91 Å². The first-order valence-electron chi connectivity index (χ1n) is 11.2. The Labute approximate surface area is 212 Å². The van der Waals surface area contributed by atoms with Gasteiger partial charge in [-0.05, 0) is 30.3 Å². The van der Waals surface area contributed by atoms with Crippen LogP contribution in [0.5, 0.6) is 0 Å². The number of nitrogens with zero attached hydrogens (tertiary/aromatic N) is 4. The molecular weight excluding hydrogens is 478 g/mol. The zero-order chi connectivity index (χ0) is 26.9. The molecule has 4 aromatic heterocycles. The molecule has 0 saturated carbocycles. The average Bonchev–Trinajstić information content (AvgIpc) is 3.60. The number of hydrogen-bond donors (Lipinski definition) is 3. The van der Waals surface area contributed by atoms with Gasteiger partial charge in [0.2, 0.25) is 0 Å². The fraction of sp³-hybridized carbons (Fsp3) is 0.200. The Hall–Kier alpha value is -5.00. The third-order valence-electron chi connectivity index (χ3n) is 5.82. The topological polar surface area (TPSA) is 133 Å². The van der Waals surface area contributed by atoms with Gasteiger partial charge in [-0.3, -0.25) is 14.4 Å². The van der Waals surface area contributed by atoms with Gasteiger partial charge in [0.1, 0.15) is 22.8 Å². The molecule has 192 valence electrons. The minimum Gasteiger partial charge on any atom is -0.464 e. The van der Waals surface area contributed by atoms with E-state index in [2.05, 4.69) is 16.0 Å². The lowest BCUT2D eigenvalue weighted by molar-refractivity contribution is 0.0589. The van der Waals surface area contributed by atoms with E-state index in [1.54, 1.807) is 95.5 Å². The van der Waals surface area contributed by atoms with Crippen molar-refractivity contribution in [3.8, 4) is 0 Å². The van der Waals surface area contributed by atoms with Gasteiger partial charge in [0.25, 0.3) is 17.7 Å². The molecule has 0 atom stereocenters. The molecule has 0 fully saturated rings. The number of rotatable bonds is 7. The normalized spacial score (nSPS) is 10.7. The van der Waals surface area contributed by atoms with Crippen molar-refractivity contribution in [2.24, 2.45) is 28.2 Å². The van der Waals surface area contributed by atoms with E-state index in [1.807, 2.05) is 0 Å². The second-order valence-electron chi connectivity index (χ2n) is 8.53. The zero-order valence-electron chi connectivity index (χ0n) is 21.0. The largest absolute Gasteiger partial charge is 0.464 e. The van der Waals surface area contributed by atoms with Crippen LogP contribution in [0.2, 0.25) is 0 Å². The van der Waals surface area contributed by atoms with E-state index in [9.17, 15) is 19.2 Å². The first kappa shape index (κ1) is 25.1. The maximum atomic E-state index is 12.9. The van der Waals surface area contributed by atoms with Crippen LogP contribution in [0.3, 0.4) is 0 Å². The van der Waals surface area contributed by atoms with Gasteiger partial charge in [0.05, 0.1) is 24.2 Å². The molecule has 0 saturated heterocycles. The standard InChI is InChI=1S/C25H27N7O5/c1-29-8-6-7-18(29)22(33)26-15-9-19(30(2)12-15)23(34)27-16-10-20(31(3)13-16)24(35)28-17-11-21(25(36)37-5)32(4)14-17/h6-14H,1-5H3,(H,26,33)(H,27,34)(H,28,35). The van der Waals surface area contributed by atoms with Crippen molar-refractivity contribution >= 4 is 40.8 Å². The highest BCUT2D eigenvalue weighted by Crippen LogP contribution is 2.20. The van der Waals surface area contributed by atoms with Crippen LogP contribution in [0, 0.1) is 0 Å². The molecule has 0 bridgehead atoms. The SMILES string of the molecule is COC(=O)c1cc(NC(=O)c2cc(NC(=O)c3cc(NC(=O)c4cccn4C)cn3C)cn2C)cn1C. The molecule has 0 aromatic carbocycles. The van der Waals surface area contributed by atoms with Gasteiger partial charge in [-0.15, -0.1) is 0 Å². The van der Waals surface area contributed by atoms with Gasteiger partial charge < -0.3 is 39.0 Å². The number of carbonyl (C=O) groups excluding carboxylic acids is 4. The lowest BCUT2D eigenvalue weighted by Gasteiger charge is -2.03. The van der Waals surface area contributed by atoms with E-state index in [0.717, 1.165) is 0 Å². The van der Waals surface area contributed by atoms with Crippen LogP contribution < -0.4 is 16.0 Å². The summed E-state index contributed by atoms with van der Waals surface area (Å²) in [7, 11) is 8.09. The molecule has 4 rings (SSSR count). The summed E-state index contributed by atoms with van der Waals surface area (Å²) in [6, 6.07) is 8.09. The number of aromatic nitrogens is 4. The number of esters is 1. The second kappa shape index (κ2) is 9.93. The maximum absolute atomic E-state index is 12.9. The van der Waals surface area contributed by atoms with Crippen LogP contribution in [0.4, 0.5) is 17.1 Å². The number of anilines is 3. The highest BCUT2D eigenvalue weighted by atomic mass is 16.5. The Morgan fingerprint density at radius 1 is 0.622 bits per heavy atom. The molecule has 0 aliphatic heterocycles. The van der Waals surface area contributed by atoms with E-state index in [1.165, 1.54) is 13.2 Å². The fourth-order valence-corrected chi connectivity index (χ4v) is 3.94. The lowest BCUT2D eigenvalue weighted by atomic mass is 10.3. The minimum absolute atomic E-state index is 0.291. The molecule has 0 radical (unpaired) electrons. The molecule has 0 aliphatic rings. The molecule has 12 nitrogen and oxygen atoms in total. The van der Waals surface area contributed by atoms with Gasteiger partial charge >= 0.3 is 5.97 Å². The number of methoxy groups -OCH3 is 1. The monoisotopic (exact) mass is 505 g/mol. The van der Waals surface area contributed by atoms with Crippen LogP contribution in [-0.2, 0) is 32.9 Å². The predicted octanol–water partition coefficient (Wildman–Crippen LogP) is 2.58. The summed E-state index contributed by atoms with van der Waals surface area (Å²) in [5, 5.41) is 8.30. The zero-order valence-corrected chi connectivity index (χ0v) is 21.0. The number of aryl methyl sites for hydroxylation is 4. The Bertz CT molecular complexity index is 1520. The maximum Gasteiger partial charge on any atom is 0.354 e. The fourth-order valence-electron chi connectivity index (χ4n) is 3.94. The summed E-state index contributed by atoms with van der Waals surface area (Å²) in [4.78, 5) is 50.0. The molecule has 3 N–H and O–H groups in total. The Morgan fingerprint density at radius 3 is 1.43 bits per heavy atom. The molecule has 4 aromatic rings. The van der Waals surface area contributed by atoms with E-state index in [4.69, 9.17) is 4.74 Å². The first-order chi connectivity index (χ1) is 17.6. The van der Waals surface area contributed by atoms with Crippen molar-refractivity contribution in [3.05, 3.63) is 77.9 Å². The number of carbonyl (C=O) groups is 4. The van der Waals surface area contributed by atoms with E-state index in [0.29, 0.717) is 39.8 Å². The van der Waals surface area contributed by atoms with Crippen molar-refractivity contribution in [1.29, 1.82) is 0 Å². The Balaban J connectivity index is 1.44. The quantitative estimate of drug-likeness (QED) is 0.332. The van der Waals surface area contributed by atoms with Crippen molar-refractivity contribution in [2.45, 2.75) is 0 Å². The molecular formula is C25H27N7O5. The van der Waals surface area contributed by atoms with Crippen molar-refractivity contribution in [2.75, 3.05) is 23.1 Å². The summed E-state index contributed by atoms with van der Waals surface area (Å²) in [5.41, 5.74) is 2.70. The first-order valence-corrected chi connectivity index (χ1v) is 11.2. The van der Waals surface area contributed by atoms with E-state index < -0.39 is 17.8 Å². The van der Waals surface area contributed by atoms with Crippen LogP contribution in [0.15, 0.2) is 55.1 Å². The van der Waals surface area contributed by atoms with Crippen LogP contribution >= 0.6 is 0 Å². The number of ether oxygens (including phenoxy) is 1. The lowest BCUT2D eigenvalue weighted by Crippen LogP contribution is -2.15. The third kappa shape index (κ3) is 5.17. The van der Waals surface area contributed by atoms with Crippen LogP contribution in [0.25, 0.3) is 0 Å². The molecule has 0 spiro atoms.